The SMILES string of the molecule is NC(=O)[C@H](Cc1ccccc1)NC(=O)[C@@H](Cc1ccccc1)NC(=O)[C@@H]1CCCN1C(=O)[C@@H]1C[C@@H]2CCCC[C@@H]2N1C(=O)[C@H](N)CCCN=C(N)N. The summed E-state index contributed by atoms with van der Waals surface area (Å²) in [5.41, 5.74) is 24.6. The first kappa shape index (κ1) is 38.3. The third-order valence-electron chi connectivity index (χ3n) is 10.6. The summed E-state index contributed by atoms with van der Waals surface area (Å²) in [4.78, 5) is 75.9. The predicted octanol–water partition coefficient (Wildman–Crippen LogP) is 0.458. The summed E-state index contributed by atoms with van der Waals surface area (Å²) in [5, 5.41) is 5.66. The lowest BCUT2D eigenvalue weighted by molar-refractivity contribution is -0.149. The Labute approximate surface area is 305 Å². The number of amides is 5. The average molecular weight is 716 g/mol. The summed E-state index contributed by atoms with van der Waals surface area (Å²) < 4.78 is 0. The maximum atomic E-state index is 14.4. The smallest absolute Gasteiger partial charge is 0.246 e. The Hall–Kier alpha value is -4.98. The number of nitrogens with one attached hydrogen (secondary N) is 2. The van der Waals surface area contributed by atoms with Crippen molar-refractivity contribution in [2.45, 2.75) is 107 Å². The first-order valence-electron chi connectivity index (χ1n) is 18.4. The van der Waals surface area contributed by atoms with Crippen LogP contribution in [0.2, 0.25) is 0 Å². The van der Waals surface area contributed by atoms with E-state index in [9.17, 15) is 24.0 Å². The molecule has 0 aromatic heterocycles. The lowest BCUT2D eigenvalue weighted by Crippen LogP contribution is -2.59. The van der Waals surface area contributed by atoms with Crippen molar-refractivity contribution in [1.82, 2.24) is 20.4 Å². The fraction of sp³-hybridized carbons (Fsp3) is 0.526. The van der Waals surface area contributed by atoms with Gasteiger partial charge in [0.2, 0.25) is 29.5 Å². The van der Waals surface area contributed by atoms with Gasteiger partial charge in [-0.1, -0.05) is 73.5 Å². The summed E-state index contributed by atoms with van der Waals surface area (Å²) in [5.74, 6) is -2.10. The fourth-order valence-electron chi connectivity index (χ4n) is 8.00. The number of guanidine groups is 1. The Morgan fingerprint density at radius 1 is 0.788 bits per heavy atom. The number of likely N-dealkylation sites (tertiary alicyclic amines) is 2. The van der Waals surface area contributed by atoms with Gasteiger partial charge >= 0.3 is 0 Å². The molecule has 2 aliphatic heterocycles. The quantitative estimate of drug-likeness (QED) is 0.0859. The molecule has 0 bridgehead atoms. The Balaban J connectivity index is 1.31. The zero-order valence-electron chi connectivity index (χ0n) is 29.7. The van der Waals surface area contributed by atoms with E-state index in [4.69, 9.17) is 22.9 Å². The van der Waals surface area contributed by atoms with E-state index in [1.807, 2.05) is 60.7 Å². The number of nitrogens with zero attached hydrogens (tertiary/aromatic N) is 3. The Morgan fingerprint density at radius 3 is 2.06 bits per heavy atom. The number of fused-ring (bicyclic) bond motifs is 1. The van der Waals surface area contributed by atoms with Gasteiger partial charge < -0.3 is 43.4 Å². The highest BCUT2D eigenvalue weighted by Crippen LogP contribution is 2.41. The molecule has 1 aliphatic carbocycles. The predicted molar refractivity (Wildman–Crippen MR) is 197 cm³/mol. The monoisotopic (exact) mass is 715 g/mol. The van der Waals surface area contributed by atoms with E-state index in [1.165, 1.54) is 0 Å². The number of hydrogen-bond donors (Lipinski definition) is 6. The van der Waals surface area contributed by atoms with Crippen LogP contribution in [0, 0.1) is 5.92 Å². The maximum Gasteiger partial charge on any atom is 0.246 e. The molecule has 2 saturated heterocycles. The topological polar surface area (TPSA) is 232 Å². The van der Waals surface area contributed by atoms with Gasteiger partial charge in [0.05, 0.1) is 6.04 Å². The van der Waals surface area contributed by atoms with Crippen LogP contribution in [0.25, 0.3) is 0 Å². The number of carbonyl (C=O) groups is 5. The third kappa shape index (κ3) is 9.66. The minimum atomic E-state index is -1.05. The molecule has 0 spiro atoms. The molecule has 10 N–H and O–H groups in total. The Bertz CT molecular complexity index is 1590. The highest BCUT2D eigenvalue weighted by molar-refractivity contribution is 5.96. The molecule has 0 unspecified atom stereocenters. The molecule has 14 nitrogen and oxygen atoms in total. The van der Waals surface area contributed by atoms with E-state index in [1.54, 1.807) is 9.80 Å². The lowest BCUT2D eigenvalue weighted by atomic mass is 9.84. The number of nitrogens with two attached hydrogens (primary N) is 4. The van der Waals surface area contributed by atoms with E-state index in [0.717, 1.165) is 36.8 Å². The second kappa shape index (κ2) is 18.0. The third-order valence-corrected chi connectivity index (χ3v) is 10.6. The van der Waals surface area contributed by atoms with Gasteiger partial charge in [-0.3, -0.25) is 29.0 Å². The number of hydrogen-bond acceptors (Lipinski definition) is 7. The first-order valence-corrected chi connectivity index (χ1v) is 18.4. The molecule has 5 rings (SSSR count). The molecule has 280 valence electrons. The molecule has 3 aliphatic rings. The molecule has 2 aromatic carbocycles. The standard InChI is InChI=1S/C38H53N9O5/c39-27(16-9-19-43-38(41)42)36(51)47-30-17-8-7-15-26(30)23-32(47)37(52)46-20-10-18-31(46)35(50)45-29(22-25-13-5-2-6-14-25)34(49)44-28(33(40)48)21-24-11-3-1-4-12-24/h1-6,11-14,26-32H,7-10,15-23,39H2,(H2,40,48)(H,44,49)(H,45,50)(H4,41,42,43)/t26-,27+,28-,29+,30-,31-,32-/m0/s1. The van der Waals surface area contributed by atoms with Gasteiger partial charge in [-0.15, -0.1) is 0 Å². The van der Waals surface area contributed by atoms with Crippen LogP contribution in [0.3, 0.4) is 0 Å². The summed E-state index contributed by atoms with van der Waals surface area (Å²) in [6.45, 7) is 0.702. The number of primary amides is 1. The largest absolute Gasteiger partial charge is 0.370 e. The van der Waals surface area contributed by atoms with Crippen molar-refractivity contribution < 1.29 is 24.0 Å². The van der Waals surface area contributed by atoms with Crippen LogP contribution in [-0.2, 0) is 36.8 Å². The first-order chi connectivity index (χ1) is 25.0. The van der Waals surface area contributed by atoms with Crippen molar-refractivity contribution in [2.75, 3.05) is 13.1 Å². The number of rotatable bonds is 15. The van der Waals surface area contributed by atoms with Gasteiger partial charge in [0.15, 0.2) is 5.96 Å². The second-order valence-corrected chi connectivity index (χ2v) is 14.3. The molecular weight excluding hydrogens is 662 g/mol. The highest BCUT2D eigenvalue weighted by atomic mass is 16.2. The van der Waals surface area contributed by atoms with Gasteiger partial charge in [-0.25, -0.2) is 0 Å². The highest BCUT2D eigenvalue weighted by Gasteiger charge is 2.51. The molecule has 14 heteroatoms. The summed E-state index contributed by atoms with van der Waals surface area (Å²) in [6, 6.07) is 14.0. The Kier molecular flexibility index (Phi) is 13.2. The van der Waals surface area contributed by atoms with Crippen LogP contribution < -0.4 is 33.6 Å². The zero-order chi connectivity index (χ0) is 37.2. The van der Waals surface area contributed by atoms with Crippen molar-refractivity contribution in [3.63, 3.8) is 0 Å². The van der Waals surface area contributed by atoms with Gasteiger partial charge in [0, 0.05) is 32.0 Å². The molecule has 5 amide bonds. The van der Waals surface area contributed by atoms with E-state index >= 15 is 0 Å². The molecule has 1 saturated carbocycles. The van der Waals surface area contributed by atoms with Crippen LogP contribution in [-0.4, -0.2) is 94.6 Å². The van der Waals surface area contributed by atoms with Crippen LogP contribution in [0.5, 0.6) is 0 Å². The van der Waals surface area contributed by atoms with E-state index in [-0.39, 0.29) is 42.6 Å². The number of carbonyl (C=O) groups excluding carboxylic acids is 5. The summed E-state index contributed by atoms with van der Waals surface area (Å²) in [6.07, 6.45) is 6.50. The van der Waals surface area contributed by atoms with Gasteiger partial charge in [-0.05, 0) is 62.0 Å². The molecule has 2 heterocycles. The molecule has 3 fully saturated rings. The minimum absolute atomic E-state index is 0.0238. The normalized spacial score (nSPS) is 22.8. The van der Waals surface area contributed by atoms with Crippen molar-refractivity contribution in [1.29, 1.82) is 0 Å². The zero-order valence-corrected chi connectivity index (χ0v) is 29.7. The van der Waals surface area contributed by atoms with Crippen molar-refractivity contribution in [2.24, 2.45) is 33.8 Å². The van der Waals surface area contributed by atoms with Crippen molar-refractivity contribution in [3.8, 4) is 0 Å². The summed E-state index contributed by atoms with van der Waals surface area (Å²) >= 11 is 0. The van der Waals surface area contributed by atoms with E-state index in [2.05, 4.69) is 15.6 Å². The van der Waals surface area contributed by atoms with Crippen LogP contribution in [0.4, 0.5) is 0 Å². The minimum Gasteiger partial charge on any atom is -0.370 e. The van der Waals surface area contributed by atoms with Gasteiger partial charge in [0.1, 0.15) is 24.2 Å². The second-order valence-electron chi connectivity index (χ2n) is 14.3. The lowest BCUT2D eigenvalue weighted by Gasteiger charge is -2.37. The van der Waals surface area contributed by atoms with Crippen LogP contribution in [0.15, 0.2) is 65.7 Å². The van der Waals surface area contributed by atoms with Gasteiger partial charge in [-0.2, -0.15) is 0 Å². The maximum absolute atomic E-state index is 14.4. The number of benzene rings is 2. The summed E-state index contributed by atoms with van der Waals surface area (Å²) in [7, 11) is 0. The number of aliphatic imine (C=N–C) groups is 1. The molecular formula is C38H53N9O5. The van der Waals surface area contributed by atoms with Crippen molar-refractivity contribution in [3.05, 3.63) is 71.8 Å². The van der Waals surface area contributed by atoms with Gasteiger partial charge in [0.25, 0.3) is 0 Å². The van der Waals surface area contributed by atoms with E-state index < -0.39 is 47.9 Å². The Morgan fingerprint density at radius 2 is 1.42 bits per heavy atom. The molecule has 7 atom stereocenters. The molecule has 0 radical (unpaired) electrons. The van der Waals surface area contributed by atoms with E-state index in [0.29, 0.717) is 45.2 Å². The molecule has 52 heavy (non-hydrogen) atoms. The van der Waals surface area contributed by atoms with Crippen molar-refractivity contribution >= 4 is 35.5 Å². The molecule has 2 aromatic rings. The van der Waals surface area contributed by atoms with Crippen LogP contribution in [0.1, 0.15) is 68.9 Å². The van der Waals surface area contributed by atoms with Crippen LogP contribution >= 0.6 is 0 Å². The average Bonchev–Trinajstić information content (AvgIpc) is 3.79. The fourth-order valence-corrected chi connectivity index (χ4v) is 8.00.